The fraction of sp³-hybridized carbons (Fsp3) is 0.240. The molecule has 0 saturated heterocycles. The average Bonchev–Trinajstić information content (AvgIpc) is 2.81. The Hall–Kier alpha value is -3.75. The lowest BCUT2D eigenvalue weighted by Gasteiger charge is -2.12. The van der Waals surface area contributed by atoms with Crippen molar-refractivity contribution in [1.29, 1.82) is 0 Å². The van der Waals surface area contributed by atoms with E-state index in [9.17, 15) is 14.4 Å². The first-order valence-electron chi connectivity index (χ1n) is 10.6. The Morgan fingerprint density at radius 3 is 2.30 bits per heavy atom. The number of anilines is 1. The maximum Gasteiger partial charge on any atom is 0.251 e. The molecule has 0 heterocycles. The normalized spacial score (nSPS) is 10.6. The van der Waals surface area contributed by atoms with Gasteiger partial charge in [-0.05, 0) is 34.5 Å². The molecule has 3 aromatic rings. The fourth-order valence-corrected chi connectivity index (χ4v) is 3.39. The number of rotatable bonds is 10. The van der Waals surface area contributed by atoms with Gasteiger partial charge >= 0.3 is 0 Å². The summed E-state index contributed by atoms with van der Waals surface area (Å²) in [4.78, 5) is 37.0. The first-order chi connectivity index (χ1) is 16.0. The maximum absolute atomic E-state index is 12.9. The van der Waals surface area contributed by atoms with Crippen LogP contribution in [0.4, 0.5) is 5.69 Å². The number of hydrogen-bond acceptors (Lipinski definition) is 5. The predicted molar refractivity (Wildman–Crippen MR) is 126 cm³/mol. The Labute approximate surface area is 191 Å². The number of aliphatic hydroxyl groups is 1. The van der Waals surface area contributed by atoms with Crippen molar-refractivity contribution >= 4 is 34.2 Å². The summed E-state index contributed by atoms with van der Waals surface area (Å²) in [7, 11) is 0. The van der Waals surface area contributed by atoms with Gasteiger partial charge in [-0.3, -0.25) is 14.4 Å². The molecule has 0 aromatic heterocycles. The van der Waals surface area contributed by atoms with Crippen LogP contribution in [0.2, 0.25) is 0 Å². The minimum Gasteiger partial charge on any atom is -0.394 e. The quantitative estimate of drug-likeness (QED) is 0.355. The van der Waals surface area contributed by atoms with E-state index in [1.165, 1.54) is 25.1 Å². The highest BCUT2D eigenvalue weighted by Gasteiger charge is 2.14. The number of hydrogen-bond donors (Lipinski definition) is 4. The molecule has 0 radical (unpaired) electrons. The van der Waals surface area contributed by atoms with E-state index >= 15 is 0 Å². The number of nitrogens with one attached hydrogen (secondary N) is 3. The molecule has 172 valence electrons. The predicted octanol–water partition coefficient (Wildman–Crippen LogP) is 2.47. The molecule has 3 aromatic carbocycles. The van der Waals surface area contributed by atoms with Crippen LogP contribution in [0.15, 0.2) is 60.7 Å². The third kappa shape index (κ3) is 6.86. The number of amides is 3. The minimum absolute atomic E-state index is 0.0933. The van der Waals surface area contributed by atoms with Gasteiger partial charge in [0.2, 0.25) is 5.91 Å². The monoisotopic (exact) mass is 449 g/mol. The molecule has 0 unspecified atom stereocenters. The molecule has 33 heavy (non-hydrogen) atoms. The molecule has 0 atom stereocenters. The second kappa shape index (κ2) is 11.8. The molecular weight excluding hydrogens is 422 g/mol. The van der Waals surface area contributed by atoms with Gasteiger partial charge in [0.15, 0.2) is 0 Å². The van der Waals surface area contributed by atoms with Crippen molar-refractivity contribution in [2.24, 2.45) is 0 Å². The van der Waals surface area contributed by atoms with Crippen LogP contribution in [0.25, 0.3) is 10.8 Å². The topological polar surface area (TPSA) is 117 Å². The van der Waals surface area contributed by atoms with Crippen LogP contribution < -0.4 is 16.0 Å². The second-order valence-corrected chi connectivity index (χ2v) is 7.39. The second-order valence-electron chi connectivity index (χ2n) is 7.39. The first kappa shape index (κ1) is 23.9. The molecule has 3 rings (SSSR count). The summed E-state index contributed by atoms with van der Waals surface area (Å²) in [5.74, 6) is -1.08. The van der Waals surface area contributed by atoms with Crippen molar-refractivity contribution in [2.75, 3.05) is 31.7 Å². The molecule has 0 aliphatic carbocycles. The van der Waals surface area contributed by atoms with Gasteiger partial charge in [-0.2, -0.15) is 0 Å². The van der Waals surface area contributed by atoms with Gasteiger partial charge in [0.25, 0.3) is 11.8 Å². The zero-order valence-corrected chi connectivity index (χ0v) is 18.4. The zero-order chi connectivity index (χ0) is 23.6. The lowest BCUT2D eigenvalue weighted by molar-refractivity contribution is -0.114. The maximum atomic E-state index is 12.9. The summed E-state index contributed by atoms with van der Waals surface area (Å²) in [5, 5.41) is 19.1. The SMILES string of the molecule is CC(=O)Nc1cc(C(=O)NCCOCCO)cc(C(=O)NCc2cccc3ccccc23)c1. The van der Waals surface area contributed by atoms with Gasteiger partial charge in [0.05, 0.1) is 19.8 Å². The summed E-state index contributed by atoms with van der Waals surface area (Å²) < 4.78 is 5.13. The average molecular weight is 450 g/mol. The summed E-state index contributed by atoms with van der Waals surface area (Å²) >= 11 is 0. The molecule has 0 aliphatic heterocycles. The Morgan fingerprint density at radius 2 is 1.58 bits per heavy atom. The van der Waals surface area contributed by atoms with Crippen LogP contribution in [0.3, 0.4) is 0 Å². The highest BCUT2D eigenvalue weighted by atomic mass is 16.5. The fourth-order valence-electron chi connectivity index (χ4n) is 3.39. The van der Waals surface area contributed by atoms with Gasteiger partial charge in [0, 0.05) is 36.8 Å². The van der Waals surface area contributed by atoms with Crippen LogP contribution in [0.1, 0.15) is 33.2 Å². The number of carbonyl (C=O) groups is 3. The molecule has 0 aliphatic rings. The van der Waals surface area contributed by atoms with E-state index in [0.29, 0.717) is 12.2 Å². The number of ether oxygens (including phenoxy) is 1. The lowest BCUT2D eigenvalue weighted by Crippen LogP contribution is -2.28. The van der Waals surface area contributed by atoms with Crippen molar-refractivity contribution in [3.8, 4) is 0 Å². The molecule has 4 N–H and O–H groups in total. The third-order valence-corrected chi connectivity index (χ3v) is 4.86. The number of fused-ring (bicyclic) bond motifs is 1. The van der Waals surface area contributed by atoms with Crippen molar-refractivity contribution in [2.45, 2.75) is 13.5 Å². The smallest absolute Gasteiger partial charge is 0.251 e. The summed E-state index contributed by atoms with van der Waals surface area (Å²) in [6, 6.07) is 18.3. The Kier molecular flexibility index (Phi) is 8.51. The van der Waals surface area contributed by atoms with Crippen molar-refractivity contribution in [3.05, 3.63) is 77.4 Å². The minimum atomic E-state index is -0.405. The van der Waals surface area contributed by atoms with E-state index in [-0.39, 0.29) is 49.3 Å². The lowest BCUT2D eigenvalue weighted by atomic mass is 10.0. The van der Waals surface area contributed by atoms with E-state index < -0.39 is 5.91 Å². The number of aliphatic hydroxyl groups excluding tert-OH is 1. The van der Waals surface area contributed by atoms with Gasteiger partial charge < -0.3 is 25.8 Å². The Balaban J connectivity index is 1.74. The van der Waals surface area contributed by atoms with Crippen LogP contribution in [-0.4, -0.2) is 49.2 Å². The molecule has 0 fully saturated rings. The van der Waals surface area contributed by atoms with Gasteiger partial charge in [-0.1, -0.05) is 42.5 Å². The molecule has 0 bridgehead atoms. The molecule has 3 amide bonds. The first-order valence-corrected chi connectivity index (χ1v) is 10.6. The standard InChI is InChI=1S/C25H27N3O5/c1-17(30)28-22-14-20(24(31)26-9-11-33-12-10-29)13-21(15-22)25(32)27-16-19-7-4-6-18-5-2-3-8-23(18)19/h2-8,13-15,29H,9-12,16H2,1H3,(H,26,31)(H,27,32)(H,28,30). The van der Waals surface area contributed by atoms with Crippen LogP contribution in [0, 0.1) is 0 Å². The van der Waals surface area contributed by atoms with Gasteiger partial charge in [-0.15, -0.1) is 0 Å². The number of carbonyl (C=O) groups excluding carboxylic acids is 3. The van der Waals surface area contributed by atoms with Gasteiger partial charge in [-0.25, -0.2) is 0 Å². The van der Waals surface area contributed by atoms with E-state index in [2.05, 4.69) is 16.0 Å². The highest BCUT2D eigenvalue weighted by Crippen LogP contribution is 2.19. The summed E-state index contributed by atoms with van der Waals surface area (Å²) in [6.07, 6.45) is 0. The van der Waals surface area contributed by atoms with Crippen molar-refractivity contribution in [3.63, 3.8) is 0 Å². The van der Waals surface area contributed by atoms with Crippen molar-refractivity contribution < 1.29 is 24.2 Å². The Morgan fingerprint density at radius 1 is 0.879 bits per heavy atom. The number of benzene rings is 3. The Bertz CT molecular complexity index is 1140. The highest BCUT2D eigenvalue weighted by molar-refractivity contribution is 6.02. The molecule has 0 spiro atoms. The molecule has 0 saturated carbocycles. The van der Waals surface area contributed by atoms with Gasteiger partial charge in [0.1, 0.15) is 0 Å². The van der Waals surface area contributed by atoms with Crippen LogP contribution in [0.5, 0.6) is 0 Å². The third-order valence-electron chi connectivity index (χ3n) is 4.86. The van der Waals surface area contributed by atoms with Crippen molar-refractivity contribution in [1.82, 2.24) is 10.6 Å². The van der Waals surface area contributed by atoms with Crippen LogP contribution >= 0.6 is 0 Å². The van der Waals surface area contributed by atoms with E-state index in [4.69, 9.17) is 9.84 Å². The van der Waals surface area contributed by atoms with Crippen LogP contribution in [-0.2, 0) is 16.1 Å². The van der Waals surface area contributed by atoms with E-state index in [1.807, 2.05) is 42.5 Å². The summed E-state index contributed by atoms with van der Waals surface area (Å²) in [6.45, 7) is 2.25. The summed E-state index contributed by atoms with van der Waals surface area (Å²) in [5.41, 5.74) is 1.81. The molecular formula is C25H27N3O5. The van der Waals surface area contributed by atoms with E-state index in [1.54, 1.807) is 0 Å². The van der Waals surface area contributed by atoms with E-state index in [0.717, 1.165) is 16.3 Å². The molecule has 8 nitrogen and oxygen atoms in total. The molecule has 8 heteroatoms. The zero-order valence-electron chi connectivity index (χ0n) is 18.4. The largest absolute Gasteiger partial charge is 0.394 e.